The lowest BCUT2D eigenvalue weighted by Gasteiger charge is -2.32. The number of esters is 1. The van der Waals surface area contributed by atoms with E-state index in [1.165, 1.54) is 0 Å². The minimum atomic E-state index is -0.372. The van der Waals surface area contributed by atoms with Crippen molar-refractivity contribution in [1.82, 2.24) is 4.90 Å². The molecule has 3 rings (SSSR count). The molecule has 26 heavy (non-hydrogen) atoms. The molecular weight excluding hydrogens is 369 g/mol. The van der Waals surface area contributed by atoms with Gasteiger partial charge in [-0.05, 0) is 24.0 Å². The molecule has 0 unspecified atom stereocenters. The molecule has 2 aromatic carbocycles. The van der Waals surface area contributed by atoms with Crippen LogP contribution in [0.4, 0.5) is 0 Å². The maximum atomic E-state index is 13.0. The maximum Gasteiger partial charge on any atom is 0.318 e. The zero-order chi connectivity index (χ0) is 17.5. The molecular formula is C21H24Cl2NO2-. The third-order valence-corrected chi connectivity index (χ3v) is 4.89. The average Bonchev–Trinajstić information content (AvgIpc) is 2.66. The zero-order valence-electron chi connectivity index (χ0n) is 14.7. The second-order valence-electron chi connectivity index (χ2n) is 6.42. The van der Waals surface area contributed by atoms with Gasteiger partial charge in [-0.3, -0.25) is 4.79 Å². The number of halogens is 2. The highest BCUT2D eigenvalue weighted by molar-refractivity contribution is 6.18. The number of rotatable bonds is 6. The van der Waals surface area contributed by atoms with Gasteiger partial charge in [0.15, 0.2) is 0 Å². The van der Waals surface area contributed by atoms with Crippen LogP contribution >= 0.6 is 11.6 Å². The monoisotopic (exact) mass is 392 g/mol. The molecule has 0 aromatic heterocycles. The van der Waals surface area contributed by atoms with Crippen LogP contribution < -0.4 is 12.4 Å². The van der Waals surface area contributed by atoms with Crippen LogP contribution in [-0.4, -0.2) is 42.5 Å². The number of benzene rings is 2. The summed E-state index contributed by atoms with van der Waals surface area (Å²) in [6, 6.07) is 19.7. The van der Waals surface area contributed by atoms with Crippen molar-refractivity contribution in [2.45, 2.75) is 24.9 Å². The van der Waals surface area contributed by atoms with E-state index in [0.717, 1.165) is 43.6 Å². The summed E-state index contributed by atoms with van der Waals surface area (Å²) < 4.78 is 5.89. The largest absolute Gasteiger partial charge is 1.00 e. The normalized spacial score (nSPS) is 15.5. The Morgan fingerprint density at radius 1 is 1.00 bits per heavy atom. The van der Waals surface area contributed by atoms with E-state index in [2.05, 4.69) is 4.90 Å². The third kappa shape index (κ3) is 5.47. The molecule has 0 bridgehead atoms. The summed E-state index contributed by atoms with van der Waals surface area (Å²) in [7, 11) is 0. The smallest absolute Gasteiger partial charge is 0.318 e. The number of nitrogens with zero attached hydrogens (tertiary/aromatic N) is 1. The Bertz CT molecular complexity index is 619. The summed E-state index contributed by atoms with van der Waals surface area (Å²) in [5.74, 6) is 0.116. The van der Waals surface area contributed by atoms with Gasteiger partial charge in [-0.1, -0.05) is 60.7 Å². The summed E-state index contributed by atoms with van der Waals surface area (Å²) in [6.45, 7) is 2.77. The predicted molar refractivity (Wildman–Crippen MR) is 101 cm³/mol. The van der Waals surface area contributed by atoms with E-state index in [0.29, 0.717) is 5.88 Å². The molecule has 1 fully saturated rings. The molecule has 0 atom stereocenters. The third-order valence-electron chi connectivity index (χ3n) is 4.72. The summed E-state index contributed by atoms with van der Waals surface area (Å²) in [5.41, 5.74) is 1.94. The van der Waals surface area contributed by atoms with Crippen LogP contribution in [0.1, 0.15) is 29.9 Å². The molecule has 0 radical (unpaired) electrons. The molecule has 0 spiro atoms. The number of alkyl halides is 1. The van der Waals surface area contributed by atoms with Crippen molar-refractivity contribution < 1.29 is 21.9 Å². The second kappa shape index (κ2) is 10.6. The van der Waals surface area contributed by atoms with Crippen LogP contribution in [0.5, 0.6) is 0 Å². The Kier molecular flexibility index (Phi) is 8.43. The van der Waals surface area contributed by atoms with Crippen LogP contribution in [0, 0.1) is 0 Å². The molecule has 1 saturated heterocycles. The summed E-state index contributed by atoms with van der Waals surface area (Å²) in [4.78, 5) is 15.3. The SMILES string of the molecule is O=C(OC1CCN(CCCl)CC1)C(c1ccccc1)c1ccccc1.[Cl-]. The molecule has 0 aliphatic carbocycles. The lowest BCUT2D eigenvalue weighted by Crippen LogP contribution is -3.00. The first kappa shape index (κ1) is 20.8. The molecule has 140 valence electrons. The van der Waals surface area contributed by atoms with Gasteiger partial charge in [0.05, 0.1) is 0 Å². The Morgan fingerprint density at radius 2 is 1.50 bits per heavy atom. The highest BCUT2D eigenvalue weighted by Crippen LogP contribution is 2.27. The Hall–Kier alpha value is -1.55. The van der Waals surface area contributed by atoms with Gasteiger partial charge in [-0.15, -0.1) is 11.6 Å². The van der Waals surface area contributed by atoms with Gasteiger partial charge >= 0.3 is 5.97 Å². The van der Waals surface area contributed by atoms with E-state index in [-0.39, 0.29) is 30.4 Å². The molecule has 3 nitrogen and oxygen atoms in total. The number of carbonyl (C=O) groups excluding carboxylic acids is 1. The summed E-state index contributed by atoms with van der Waals surface area (Å²) >= 11 is 5.81. The number of hydrogen-bond acceptors (Lipinski definition) is 3. The van der Waals surface area contributed by atoms with E-state index in [1.807, 2.05) is 60.7 Å². The Labute approximate surface area is 166 Å². The average molecular weight is 393 g/mol. The number of carbonyl (C=O) groups is 1. The van der Waals surface area contributed by atoms with Crippen LogP contribution in [-0.2, 0) is 9.53 Å². The number of likely N-dealkylation sites (tertiary alicyclic amines) is 1. The van der Waals surface area contributed by atoms with Gasteiger partial charge in [-0.2, -0.15) is 0 Å². The van der Waals surface area contributed by atoms with Gasteiger partial charge < -0.3 is 22.0 Å². The predicted octanol–water partition coefficient (Wildman–Crippen LogP) is 1.07. The van der Waals surface area contributed by atoms with Crippen molar-refractivity contribution in [1.29, 1.82) is 0 Å². The highest BCUT2D eigenvalue weighted by atomic mass is 35.5. The highest BCUT2D eigenvalue weighted by Gasteiger charge is 2.28. The standard InChI is InChI=1S/C21H24ClNO2.ClH/c22-13-16-23-14-11-19(12-15-23)25-21(24)20(17-7-3-1-4-8-17)18-9-5-2-6-10-18;/h1-10,19-20H,11-16H2;1H/p-1. The first-order valence-corrected chi connectivity index (χ1v) is 9.40. The summed E-state index contributed by atoms with van der Waals surface area (Å²) in [5, 5.41) is 0. The summed E-state index contributed by atoms with van der Waals surface area (Å²) in [6.07, 6.45) is 1.74. The molecule has 0 amide bonds. The molecule has 0 saturated carbocycles. The van der Waals surface area contributed by atoms with Crippen molar-refractivity contribution in [2.24, 2.45) is 0 Å². The molecule has 5 heteroatoms. The van der Waals surface area contributed by atoms with Gasteiger partial charge in [0.25, 0.3) is 0 Å². The van der Waals surface area contributed by atoms with Gasteiger partial charge in [-0.25, -0.2) is 0 Å². The first-order chi connectivity index (χ1) is 12.3. The van der Waals surface area contributed by atoms with Crippen LogP contribution in [0.15, 0.2) is 60.7 Å². The van der Waals surface area contributed by atoms with E-state index in [9.17, 15) is 4.79 Å². The fourth-order valence-corrected chi connectivity index (χ4v) is 3.60. The lowest BCUT2D eigenvalue weighted by atomic mass is 9.91. The minimum absolute atomic E-state index is 0. The Balaban J connectivity index is 0.00000243. The fourth-order valence-electron chi connectivity index (χ4n) is 3.36. The lowest BCUT2D eigenvalue weighted by molar-refractivity contribution is -0.152. The quantitative estimate of drug-likeness (QED) is 0.543. The van der Waals surface area contributed by atoms with Crippen molar-refractivity contribution in [2.75, 3.05) is 25.5 Å². The molecule has 1 aliphatic rings. The van der Waals surface area contributed by atoms with E-state index in [4.69, 9.17) is 16.3 Å². The zero-order valence-corrected chi connectivity index (χ0v) is 16.2. The minimum Gasteiger partial charge on any atom is -1.00 e. The van der Waals surface area contributed by atoms with Crippen LogP contribution in [0.25, 0.3) is 0 Å². The van der Waals surface area contributed by atoms with Crippen LogP contribution in [0.2, 0.25) is 0 Å². The fraction of sp³-hybridized carbons (Fsp3) is 0.381. The molecule has 0 N–H and O–H groups in total. The van der Waals surface area contributed by atoms with E-state index >= 15 is 0 Å². The molecule has 1 aliphatic heterocycles. The first-order valence-electron chi connectivity index (χ1n) is 8.86. The van der Waals surface area contributed by atoms with Crippen LogP contribution in [0.3, 0.4) is 0 Å². The maximum absolute atomic E-state index is 13.0. The van der Waals surface area contributed by atoms with Gasteiger partial charge in [0, 0.05) is 25.5 Å². The van der Waals surface area contributed by atoms with E-state index < -0.39 is 0 Å². The molecule has 1 heterocycles. The van der Waals surface area contributed by atoms with Crippen molar-refractivity contribution in [3.63, 3.8) is 0 Å². The van der Waals surface area contributed by atoms with Crippen molar-refractivity contribution in [3.8, 4) is 0 Å². The number of piperidine rings is 1. The van der Waals surface area contributed by atoms with E-state index in [1.54, 1.807) is 0 Å². The van der Waals surface area contributed by atoms with Gasteiger partial charge in [0.2, 0.25) is 0 Å². The number of hydrogen-bond donors (Lipinski definition) is 0. The van der Waals surface area contributed by atoms with Crippen molar-refractivity contribution in [3.05, 3.63) is 71.8 Å². The molecule has 2 aromatic rings. The number of ether oxygens (including phenoxy) is 1. The topological polar surface area (TPSA) is 29.5 Å². The van der Waals surface area contributed by atoms with Crippen molar-refractivity contribution >= 4 is 17.6 Å². The second-order valence-corrected chi connectivity index (χ2v) is 6.80. The van der Waals surface area contributed by atoms with Gasteiger partial charge in [0.1, 0.15) is 12.0 Å². The Morgan fingerprint density at radius 3 is 1.96 bits per heavy atom.